The third-order valence-electron chi connectivity index (χ3n) is 3.84. The summed E-state index contributed by atoms with van der Waals surface area (Å²) >= 11 is 0. The lowest BCUT2D eigenvalue weighted by Crippen LogP contribution is -2.19. The van der Waals surface area contributed by atoms with Crippen LogP contribution in [0.1, 0.15) is 33.2 Å². The molecule has 0 saturated carbocycles. The van der Waals surface area contributed by atoms with Crippen molar-refractivity contribution >= 4 is 17.5 Å². The molecule has 0 saturated heterocycles. The van der Waals surface area contributed by atoms with E-state index in [-0.39, 0.29) is 11.8 Å². The van der Waals surface area contributed by atoms with Gasteiger partial charge in [-0.15, -0.1) is 0 Å². The van der Waals surface area contributed by atoms with Crippen LogP contribution >= 0.6 is 0 Å². The molecule has 132 valence electrons. The van der Waals surface area contributed by atoms with E-state index >= 15 is 0 Å². The van der Waals surface area contributed by atoms with E-state index in [2.05, 4.69) is 10.6 Å². The number of hydrogen-bond donors (Lipinski definition) is 2. The second kappa shape index (κ2) is 8.19. The van der Waals surface area contributed by atoms with Crippen LogP contribution in [0.2, 0.25) is 0 Å². The Hall–Kier alpha value is -3.02. The van der Waals surface area contributed by atoms with Gasteiger partial charge in [0.1, 0.15) is 0 Å². The molecular formula is C19H22N2O4. The molecular weight excluding hydrogens is 320 g/mol. The van der Waals surface area contributed by atoms with Gasteiger partial charge in [-0.3, -0.25) is 9.59 Å². The Labute approximate surface area is 147 Å². The van der Waals surface area contributed by atoms with Crippen LogP contribution in [0.3, 0.4) is 0 Å². The molecule has 2 aromatic rings. The average molecular weight is 342 g/mol. The third-order valence-corrected chi connectivity index (χ3v) is 3.84. The Morgan fingerprint density at radius 3 is 2.28 bits per heavy atom. The summed E-state index contributed by atoms with van der Waals surface area (Å²) in [6.07, 6.45) is 0.668. The van der Waals surface area contributed by atoms with Crippen molar-refractivity contribution in [3.8, 4) is 11.5 Å². The predicted molar refractivity (Wildman–Crippen MR) is 96.7 cm³/mol. The van der Waals surface area contributed by atoms with Crippen molar-refractivity contribution in [1.82, 2.24) is 5.32 Å². The van der Waals surface area contributed by atoms with Crippen LogP contribution in [0.15, 0.2) is 36.4 Å². The number of nitrogens with one attached hydrogen (secondary N) is 2. The molecule has 6 heteroatoms. The Balaban J connectivity index is 2.33. The summed E-state index contributed by atoms with van der Waals surface area (Å²) in [6.45, 7) is 1.96. The standard InChI is InChI=1S/C19H22N2O4/c1-5-12-10-16(24-3)17(25-4)11-15(12)19(23)21-14-8-6-7-13(9-14)18(22)20-2/h6-11H,5H2,1-4H3,(H,20,22)(H,21,23). The molecule has 2 N–H and O–H groups in total. The molecule has 2 rings (SSSR count). The second-order valence-electron chi connectivity index (χ2n) is 5.33. The van der Waals surface area contributed by atoms with E-state index < -0.39 is 0 Å². The van der Waals surface area contributed by atoms with Crippen molar-refractivity contribution in [1.29, 1.82) is 0 Å². The van der Waals surface area contributed by atoms with Crippen LogP contribution < -0.4 is 20.1 Å². The largest absolute Gasteiger partial charge is 0.493 e. The van der Waals surface area contributed by atoms with E-state index in [9.17, 15) is 9.59 Å². The van der Waals surface area contributed by atoms with Crippen molar-refractivity contribution in [3.05, 3.63) is 53.1 Å². The number of carbonyl (C=O) groups excluding carboxylic acids is 2. The smallest absolute Gasteiger partial charge is 0.256 e. The zero-order chi connectivity index (χ0) is 18.4. The van der Waals surface area contributed by atoms with Crippen LogP contribution in [0.25, 0.3) is 0 Å². The minimum Gasteiger partial charge on any atom is -0.493 e. The minimum atomic E-state index is -0.271. The first kappa shape index (κ1) is 18.3. The van der Waals surface area contributed by atoms with E-state index in [0.717, 1.165) is 5.56 Å². The zero-order valence-electron chi connectivity index (χ0n) is 14.8. The fourth-order valence-electron chi connectivity index (χ4n) is 2.51. The summed E-state index contributed by atoms with van der Waals surface area (Å²) in [6, 6.07) is 10.2. The number of methoxy groups -OCH3 is 2. The van der Waals surface area contributed by atoms with Crippen molar-refractivity contribution in [2.75, 3.05) is 26.6 Å². The third kappa shape index (κ3) is 4.09. The maximum Gasteiger partial charge on any atom is 0.256 e. The molecule has 0 spiro atoms. The highest BCUT2D eigenvalue weighted by atomic mass is 16.5. The monoisotopic (exact) mass is 342 g/mol. The van der Waals surface area contributed by atoms with Crippen molar-refractivity contribution in [3.63, 3.8) is 0 Å². The highest BCUT2D eigenvalue weighted by Crippen LogP contribution is 2.31. The summed E-state index contributed by atoms with van der Waals surface area (Å²) in [4.78, 5) is 24.4. The lowest BCUT2D eigenvalue weighted by atomic mass is 10.0. The predicted octanol–water partition coefficient (Wildman–Crippen LogP) is 2.88. The first-order valence-corrected chi connectivity index (χ1v) is 7.92. The van der Waals surface area contributed by atoms with Crippen molar-refractivity contribution in [2.24, 2.45) is 0 Å². The Morgan fingerprint density at radius 1 is 1.00 bits per heavy atom. The van der Waals surface area contributed by atoms with Gasteiger partial charge in [0, 0.05) is 23.9 Å². The number of rotatable bonds is 6. The van der Waals surface area contributed by atoms with Gasteiger partial charge in [-0.05, 0) is 42.3 Å². The lowest BCUT2D eigenvalue weighted by molar-refractivity contribution is 0.0961. The fraction of sp³-hybridized carbons (Fsp3) is 0.263. The van der Waals surface area contributed by atoms with Crippen LogP contribution in [0.5, 0.6) is 11.5 Å². The maximum atomic E-state index is 12.7. The summed E-state index contributed by atoms with van der Waals surface area (Å²) < 4.78 is 10.6. The zero-order valence-corrected chi connectivity index (χ0v) is 14.8. The van der Waals surface area contributed by atoms with Gasteiger partial charge in [0.15, 0.2) is 11.5 Å². The summed E-state index contributed by atoms with van der Waals surface area (Å²) in [5.74, 6) is 0.588. The number of benzene rings is 2. The van der Waals surface area contributed by atoms with Gasteiger partial charge in [-0.1, -0.05) is 13.0 Å². The topological polar surface area (TPSA) is 76.7 Å². The first-order chi connectivity index (χ1) is 12.0. The first-order valence-electron chi connectivity index (χ1n) is 7.92. The van der Waals surface area contributed by atoms with Gasteiger partial charge in [0.2, 0.25) is 0 Å². The average Bonchev–Trinajstić information content (AvgIpc) is 2.66. The number of anilines is 1. The van der Waals surface area contributed by atoms with Crippen molar-refractivity contribution < 1.29 is 19.1 Å². The molecule has 0 aromatic heterocycles. The van der Waals surface area contributed by atoms with E-state index in [4.69, 9.17) is 9.47 Å². The molecule has 0 atom stereocenters. The molecule has 0 aliphatic carbocycles. The maximum absolute atomic E-state index is 12.7. The Kier molecular flexibility index (Phi) is 6.00. The molecule has 0 bridgehead atoms. The number of ether oxygens (including phenoxy) is 2. The molecule has 0 unspecified atom stereocenters. The fourth-order valence-corrected chi connectivity index (χ4v) is 2.51. The number of aryl methyl sites for hydroxylation is 1. The number of hydrogen-bond acceptors (Lipinski definition) is 4. The molecule has 2 amide bonds. The quantitative estimate of drug-likeness (QED) is 0.846. The van der Waals surface area contributed by atoms with Gasteiger partial charge >= 0.3 is 0 Å². The minimum absolute atomic E-state index is 0.212. The lowest BCUT2D eigenvalue weighted by Gasteiger charge is -2.14. The van der Waals surface area contributed by atoms with Gasteiger partial charge in [0.05, 0.1) is 14.2 Å². The van der Waals surface area contributed by atoms with Gasteiger partial charge in [-0.25, -0.2) is 0 Å². The van der Waals surface area contributed by atoms with Gasteiger partial charge in [-0.2, -0.15) is 0 Å². The molecule has 0 heterocycles. The normalized spacial score (nSPS) is 10.1. The number of carbonyl (C=O) groups is 2. The van der Waals surface area contributed by atoms with Crippen LogP contribution in [0.4, 0.5) is 5.69 Å². The van der Waals surface area contributed by atoms with E-state index in [1.165, 1.54) is 7.11 Å². The molecule has 0 radical (unpaired) electrons. The highest BCUT2D eigenvalue weighted by Gasteiger charge is 2.16. The van der Waals surface area contributed by atoms with E-state index in [0.29, 0.717) is 34.7 Å². The molecule has 0 fully saturated rings. The molecule has 0 aliphatic heterocycles. The van der Waals surface area contributed by atoms with Crippen LogP contribution in [0, 0.1) is 0 Å². The summed E-state index contributed by atoms with van der Waals surface area (Å²) in [7, 11) is 4.64. The molecule has 6 nitrogen and oxygen atoms in total. The SMILES string of the molecule is CCc1cc(OC)c(OC)cc1C(=O)Nc1cccc(C(=O)NC)c1. The van der Waals surface area contributed by atoms with Crippen molar-refractivity contribution in [2.45, 2.75) is 13.3 Å². The van der Waals surface area contributed by atoms with E-state index in [1.54, 1.807) is 50.6 Å². The van der Waals surface area contributed by atoms with Crippen LogP contribution in [-0.4, -0.2) is 33.1 Å². The summed E-state index contributed by atoms with van der Waals surface area (Å²) in [5, 5.41) is 5.38. The summed E-state index contributed by atoms with van der Waals surface area (Å²) in [5.41, 5.74) is 2.37. The molecule has 25 heavy (non-hydrogen) atoms. The molecule has 0 aliphatic rings. The van der Waals surface area contributed by atoms with E-state index in [1.807, 2.05) is 6.92 Å². The van der Waals surface area contributed by atoms with Gasteiger partial charge in [0.25, 0.3) is 11.8 Å². The highest BCUT2D eigenvalue weighted by molar-refractivity contribution is 6.06. The Bertz CT molecular complexity index is 787. The molecule has 2 aromatic carbocycles. The van der Waals surface area contributed by atoms with Gasteiger partial charge < -0.3 is 20.1 Å². The number of amides is 2. The Morgan fingerprint density at radius 2 is 1.68 bits per heavy atom. The van der Waals surface area contributed by atoms with Crippen LogP contribution in [-0.2, 0) is 6.42 Å². The second-order valence-corrected chi connectivity index (χ2v) is 5.33.